The highest BCUT2D eigenvalue weighted by atomic mass is 32.1. The standard InChI is InChI=1S/C14H16N4OS/c1-8-12(9(2)19)16-17-18(8)13-10(6-15)11(7-20-13)14(3,4)5/h7H,1-5H3. The highest BCUT2D eigenvalue weighted by Crippen LogP contribution is 2.34. The third kappa shape index (κ3) is 2.25. The van der Waals surface area contributed by atoms with E-state index in [-0.39, 0.29) is 11.2 Å². The SMILES string of the molecule is CC(=O)c1nnn(-c2scc(C(C)(C)C)c2C#N)c1C. The van der Waals surface area contributed by atoms with E-state index >= 15 is 0 Å². The Morgan fingerprint density at radius 2 is 2.10 bits per heavy atom. The van der Waals surface area contributed by atoms with Gasteiger partial charge in [0.05, 0.1) is 11.3 Å². The van der Waals surface area contributed by atoms with Gasteiger partial charge >= 0.3 is 0 Å². The molecule has 0 atom stereocenters. The molecule has 0 aliphatic carbocycles. The lowest BCUT2D eigenvalue weighted by Crippen LogP contribution is -2.12. The summed E-state index contributed by atoms with van der Waals surface area (Å²) in [6.45, 7) is 9.44. The van der Waals surface area contributed by atoms with Crippen LogP contribution in [0.1, 0.15) is 55.0 Å². The predicted molar refractivity (Wildman–Crippen MR) is 77.4 cm³/mol. The Kier molecular flexibility index (Phi) is 3.48. The fraction of sp³-hybridized carbons (Fsp3) is 0.429. The number of aromatic nitrogens is 3. The Bertz CT molecular complexity index is 713. The van der Waals surface area contributed by atoms with Crippen LogP contribution in [0.4, 0.5) is 0 Å². The van der Waals surface area contributed by atoms with Gasteiger partial charge in [-0.05, 0) is 23.3 Å². The first-order valence-corrected chi connectivity index (χ1v) is 7.11. The van der Waals surface area contributed by atoms with Crippen molar-refractivity contribution < 1.29 is 4.79 Å². The third-order valence-corrected chi connectivity index (χ3v) is 4.07. The molecular weight excluding hydrogens is 272 g/mol. The molecule has 5 nitrogen and oxygen atoms in total. The smallest absolute Gasteiger partial charge is 0.181 e. The van der Waals surface area contributed by atoms with Crippen molar-refractivity contribution in [1.29, 1.82) is 5.26 Å². The maximum atomic E-state index is 11.5. The second-order valence-corrected chi connectivity index (χ2v) is 6.54. The molecule has 0 radical (unpaired) electrons. The van der Waals surface area contributed by atoms with Crippen molar-refractivity contribution in [2.24, 2.45) is 0 Å². The number of rotatable bonds is 2. The lowest BCUT2D eigenvalue weighted by Gasteiger charge is -2.17. The van der Waals surface area contributed by atoms with Crippen LogP contribution in [0.25, 0.3) is 5.00 Å². The first-order chi connectivity index (χ1) is 9.27. The van der Waals surface area contributed by atoms with E-state index in [1.54, 1.807) is 11.6 Å². The van der Waals surface area contributed by atoms with E-state index in [2.05, 4.69) is 37.2 Å². The Balaban J connectivity index is 2.64. The largest absolute Gasteiger partial charge is 0.293 e. The highest BCUT2D eigenvalue weighted by molar-refractivity contribution is 7.13. The summed E-state index contributed by atoms with van der Waals surface area (Å²) in [5, 5.41) is 20.1. The first kappa shape index (κ1) is 14.4. The molecule has 104 valence electrons. The Morgan fingerprint density at radius 3 is 2.55 bits per heavy atom. The average Bonchev–Trinajstić information content (AvgIpc) is 2.90. The summed E-state index contributed by atoms with van der Waals surface area (Å²) in [5.74, 6) is -0.125. The molecule has 2 aromatic heterocycles. The molecular formula is C14H16N4OS. The van der Waals surface area contributed by atoms with E-state index in [0.717, 1.165) is 10.6 Å². The van der Waals surface area contributed by atoms with Crippen molar-refractivity contribution in [2.45, 2.75) is 40.0 Å². The molecule has 0 saturated carbocycles. The van der Waals surface area contributed by atoms with E-state index in [1.165, 1.54) is 18.3 Å². The number of hydrogen-bond donors (Lipinski definition) is 0. The third-order valence-electron chi connectivity index (χ3n) is 3.11. The van der Waals surface area contributed by atoms with Gasteiger partial charge in [-0.3, -0.25) is 4.79 Å². The first-order valence-electron chi connectivity index (χ1n) is 6.23. The maximum Gasteiger partial charge on any atom is 0.181 e. The summed E-state index contributed by atoms with van der Waals surface area (Å²) >= 11 is 1.45. The lowest BCUT2D eigenvalue weighted by molar-refractivity contribution is 0.101. The number of hydrogen-bond acceptors (Lipinski definition) is 5. The van der Waals surface area contributed by atoms with Crippen LogP contribution in [-0.4, -0.2) is 20.8 Å². The number of thiophene rings is 1. The molecule has 20 heavy (non-hydrogen) atoms. The highest BCUT2D eigenvalue weighted by Gasteiger charge is 2.25. The van der Waals surface area contributed by atoms with E-state index in [0.29, 0.717) is 17.0 Å². The monoisotopic (exact) mass is 288 g/mol. The summed E-state index contributed by atoms with van der Waals surface area (Å²) in [6, 6.07) is 2.25. The van der Waals surface area contributed by atoms with Gasteiger partial charge in [0.25, 0.3) is 0 Å². The Morgan fingerprint density at radius 1 is 1.45 bits per heavy atom. The van der Waals surface area contributed by atoms with Crippen molar-refractivity contribution >= 4 is 17.1 Å². The molecule has 6 heteroatoms. The molecule has 0 fully saturated rings. The fourth-order valence-electron chi connectivity index (χ4n) is 2.01. The van der Waals surface area contributed by atoms with Crippen molar-refractivity contribution in [2.75, 3.05) is 0 Å². The molecule has 0 spiro atoms. The van der Waals surface area contributed by atoms with Crippen LogP contribution in [0.2, 0.25) is 0 Å². The second-order valence-electron chi connectivity index (χ2n) is 5.68. The lowest BCUT2D eigenvalue weighted by atomic mass is 9.86. The van der Waals surface area contributed by atoms with Gasteiger partial charge in [0.1, 0.15) is 11.1 Å². The molecule has 0 bridgehead atoms. The molecule has 2 rings (SSSR count). The van der Waals surface area contributed by atoms with Crippen molar-refractivity contribution in [3.63, 3.8) is 0 Å². The van der Waals surface area contributed by atoms with Crippen LogP contribution in [0.15, 0.2) is 5.38 Å². The van der Waals surface area contributed by atoms with Gasteiger partial charge < -0.3 is 0 Å². The number of ketones is 1. The summed E-state index contributed by atoms with van der Waals surface area (Å²) in [4.78, 5) is 11.5. The zero-order chi connectivity index (χ0) is 15.1. The van der Waals surface area contributed by atoms with Gasteiger partial charge in [0, 0.05) is 6.92 Å². The van der Waals surface area contributed by atoms with E-state index in [1.807, 2.05) is 5.38 Å². The normalized spacial score (nSPS) is 11.4. The molecule has 0 N–H and O–H groups in total. The fourth-order valence-corrected chi connectivity index (χ4v) is 3.26. The van der Waals surface area contributed by atoms with E-state index in [4.69, 9.17) is 0 Å². The molecule has 0 unspecified atom stereocenters. The average molecular weight is 288 g/mol. The summed E-state index contributed by atoms with van der Waals surface area (Å²) in [7, 11) is 0. The molecule has 0 aliphatic rings. The van der Waals surface area contributed by atoms with Gasteiger partial charge in [0.15, 0.2) is 11.5 Å². The quantitative estimate of drug-likeness (QED) is 0.796. The molecule has 0 aliphatic heterocycles. The van der Waals surface area contributed by atoms with Gasteiger partial charge in [-0.25, -0.2) is 4.68 Å². The van der Waals surface area contributed by atoms with Crippen LogP contribution < -0.4 is 0 Å². The number of nitriles is 1. The van der Waals surface area contributed by atoms with Crippen molar-refractivity contribution in [1.82, 2.24) is 15.0 Å². The van der Waals surface area contributed by atoms with Gasteiger partial charge in [-0.2, -0.15) is 5.26 Å². The summed E-state index contributed by atoms with van der Waals surface area (Å²) < 4.78 is 1.58. The molecule has 0 amide bonds. The van der Waals surface area contributed by atoms with Gasteiger partial charge in [-0.1, -0.05) is 26.0 Å². The van der Waals surface area contributed by atoms with Crippen molar-refractivity contribution in [3.05, 3.63) is 27.9 Å². The molecule has 2 heterocycles. The minimum Gasteiger partial charge on any atom is -0.293 e. The van der Waals surface area contributed by atoms with Gasteiger partial charge in [-0.15, -0.1) is 16.4 Å². The number of Topliss-reactive ketones (excluding diaryl/α,β-unsaturated/α-hetero) is 1. The van der Waals surface area contributed by atoms with Crippen LogP contribution in [0.3, 0.4) is 0 Å². The van der Waals surface area contributed by atoms with Crippen molar-refractivity contribution in [3.8, 4) is 11.1 Å². The van der Waals surface area contributed by atoms with Crippen LogP contribution in [0.5, 0.6) is 0 Å². The number of carbonyl (C=O) groups excluding carboxylic acids is 1. The maximum absolute atomic E-state index is 11.5. The molecule has 0 saturated heterocycles. The van der Waals surface area contributed by atoms with E-state index < -0.39 is 0 Å². The number of nitrogens with zero attached hydrogens (tertiary/aromatic N) is 4. The molecule has 0 aromatic carbocycles. The second kappa shape index (κ2) is 4.84. The van der Waals surface area contributed by atoms with Crippen LogP contribution in [-0.2, 0) is 5.41 Å². The zero-order valence-electron chi connectivity index (χ0n) is 12.2. The summed E-state index contributed by atoms with van der Waals surface area (Å²) in [5.41, 5.74) is 2.48. The van der Waals surface area contributed by atoms with Crippen LogP contribution >= 0.6 is 11.3 Å². The Labute approximate surface area is 121 Å². The number of carbonyl (C=O) groups is 1. The topological polar surface area (TPSA) is 71.6 Å². The predicted octanol–water partition coefficient (Wildman–Crippen LogP) is 3.01. The van der Waals surface area contributed by atoms with Gasteiger partial charge in [0.2, 0.25) is 0 Å². The minimum atomic E-state index is -0.125. The summed E-state index contributed by atoms with van der Waals surface area (Å²) in [6.07, 6.45) is 0. The van der Waals surface area contributed by atoms with Crippen LogP contribution in [0, 0.1) is 18.3 Å². The van der Waals surface area contributed by atoms with E-state index in [9.17, 15) is 10.1 Å². The zero-order valence-corrected chi connectivity index (χ0v) is 13.0. The molecule has 2 aromatic rings. The Hall–Kier alpha value is -2.00. The minimum absolute atomic E-state index is 0.113.